The zero-order valence-electron chi connectivity index (χ0n) is 28.1. The molecule has 3 aromatic heterocycles. The summed E-state index contributed by atoms with van der Waals surface area (Å²) in [5.74, 6) is 0.720. The summed E-state index contributed by atoms with van der Waals surface area (Å²) in [5, 5.41) is 8.32. The van der Waals surface area contributed by atoms with Crippen LogP contribution >= 0.6 is 0 Å². The molecule has 4 heteroatoms. The van der Waals surface area contributed by atoms with Gasteiger partial charge in [0, 0.05) is 49.4 Å². The standard InChI is InChI=1S/C48H30N4/c1-3-14-32(15-4-1)47-36-19-7-10-23-40(36)49-48(50-47)35-22-13-16-31-26-27-34(30-39(31)35)52-42-25-12-9-21-38(42)46-44(52)29-28-43-45(46)37-20-8-11-24-41(37)51(43)33-17-5-2-6-18-33/h1-30H. The van der Waals surface area contributed by atoms with E-state index < -0.39 is 0 Å². The minimum atomic E-state index is 0.720. The van der Waals surface area contributed by atoms with Gasteiger partial charge in [-0.3, -0.25) is 0 Å². The lowest BCUT2D eigenvalue weighted by Gasteiger charge is -2.13. The van der Waals surface area contributed by atoms with Crippen LogP contribution in [0, 0.1) is 0 Å². The second-order valence-electron chi connectivity index (χ2n) is 13.4. The van der Waals surface area contributed by atoms with Crippen LogP contribution in [0.25, 0.3) is 99.3 Å². The molecule has 0 amide bonds. The van der Waals surface area contributed by atoms with E-state index in [4.69, 9.17) is 9.97 Å². The zero-order valence-corrected chi connectivity index (χ0v) is 28.1. The lowest BCUT2D eigenvalue weighted by molar-refractivity contribution is 1.17. The van der Waals surface area contributed by atoms with Crippen LogP contribution in [0.1, 0.15) is 0 Å². The van der Waals surface area contributed by atoms with Gasteiger partial charge in [-0.15, -0.1) is 0 Å². The van der Waals surface area contributed by atoms with Gasteiger partial charge >= 0.3 is 0 Å². The van der Waals surface area contributed by atoms with Crippen LogP contribution in [0.5, 0.6) is 0 Å². The molecule has 0 saturated heterocycles. The van der Waals surface area contributed by atoms with Crippen molar-refractivity contribution in [3.05, 3.63) is 182 Å². The number of para-hydroxylation sites is 4. The predicted octanol–water partition coefficient (Wildman–Crippen LogP) is 12.3. The molecule has 0 aliphatic heterocycles. The van der Waals surface area contributed by atoms with Gasteiger partial charge in [-0.2, -0.15) is 0 Å². The molecule has 0 fully saturated rings. The van der Waals surface area contributed by atoms with E-state index in [9.17, 15) is 0 Å². The van der Waals surface area contributed by atoms with Crippen molar-refractivity contribution >= 4 is 65.3 Å². The fourth-order valence-electron chi connectivity index (χ4n) is 8.26. The van der Waals surface area contributed by atoms with Gasteiger partial charge in [-0.1, -0.05) is 127 Å². The molecule has 0 N–H and O–H groups in total. The first-order chi connectivity index (χ1) is 25.8. The van der Waals surface area contributed by atoms with Crippen molar-refractivity contribution in [3.63, 3.8) is 0 Å². The quantitative estimate of drug-likeness (QED) is 0.188. The van der Waals surface area contributed by atoms with Crippen molar-refractivity contribution < 1.29 is 0 Å². The molecule has 11 rings (SSSR count). The molecule has 242 valence electrons. The number of hydrogen-bond acceptors (Lipinski definition) is 2. The van der Waals surface area contributed by atoms with Crippen LogP contribution in [-0.4, -0.2) is 19.1 Å². The maximum Gasteiger partial charge on any atom is 0.161 e. The van der Waals surface area contributed by atoms with Gasteiger partial charge < -0.3 is 9.13 Å². The Labute approximate surface area is 299 Å². The normalized spacial score (nSPS) is 11.8. The third-order valence-corrected chi connectivity index (χ3v) is 10.5. The van der Waals surface area contributed by atoms with Crippen molar-refractivity contribution in [2.45, 2.75) is 0 Å². The van der Waals surface area contributed by atoms with E-state index in [1.165, 1.54) is 43.6 Å². The van der Waals surface area contributed by atoms with Gasteiger partial charge in [0.25, 0.3) is 0 Å². The van der Waals surface area contributed by atoms with E-state index in [2.05, 4.69) is 179 Å². The summed E-state index contributed by atoms with van der Waals surface area (Å²) < 4.78 is 4.82. The topological polar surface area (TPSA) is 35.6 Å². The number of benzene rings is 8. The van der Waals surface area contributed by atoms with Gasteiger partial charge in [0.05, 0.1) is 33.3 Å². The van der Waals surface area contributed by atoms with E-state index in [0.717, 1.165) is 55.7 Å². The van der Waals surface area contributed by atoms with Gasteiger partial charge in [-0.05, 0) is 65.4 Å². The van der Waals surface area contributed by atoms with E-state index in [1.807, 2.05) is 12.1 Å². The van der Waals surface area contributed by atoms with Crippen LogP contribution in [-0.2, 0) is 0 Å². The first kappa shape index (κ1) is 28.8. The molecule has 11 aromatic rings. The summed E-state index contributed by atoms with van der Waals surface area (Å²) >= 11 is 0. The highest BCUT2D eigenvalue weighted by molar-refractivity contribution is 6.29. The van der Waals surface area contributed by atoms with Gasteiger partial charge in [-0.25, -0.2) is 9.97 Å². The Morgan fingerprint density at radius 2 is 0.962 bits per heavy atom. The van der Waals surface area contributed by atoms with Gasteiger partial charge in [0.1, 0.15) is 0 Å². The SMILES string of the molecule is c1ccc(-c2nc(-c3cccc4ccc(-n5c6ccccc6c6c7c8ccccc8n(-c8ccccc8)c7ccc65)cc34)nc3ccccc23)cc1. The van der Waals surface area contributed by atoms with Crippen molar-refractivity contribution in [1.82, 2.24) is 19.1 Å². The third kappa shape index (κ3) is 4.21. The average molecular weight is 663 g/mol. The van der Waals surface area contributed by atoms with Crippen molar-refractivity contribution in [3.8, 4) is 34.0 Å². The maximum absolute atomic E-state index is 5.25. The molecule has 3 heterocycles. The predicted molar refractivity (Wildman–Crippen MR) is 217 cm³/mol. The molecule has 0 radical (unpaired) electrons. The highest BCUT2D eigenvalue weighted by Crippen LogP contribution is 2.43. The highest BCUT2D eigenvalue weighted by atomic mass is 15.0. The Morgan fingerprint density at radius 1 is 0.365 bits per heavy atom. The summed E-state index contributed by atoms with van der Waals surface area (Å²) in [4.78, 5) is 10.4. The Hall–Kier alpha value is -7.04. The number of fused-ring (bicyclic) bond motifs is 9. The van der Waals surface area contributed by atoms with Crippen LogP contribution in [0.3, 0.4) is 0 Å². The zero-order chi connectivity index (χ0) is 34.2. The highest BCUT2D eigenvalue weighted by Gasteiger charge is 2.21. The Bertz CT molecular complexity index is 3170. The van der Waals surface area contributed by atoms with E-state index >= 15 is 0 Å². The number of nitrogens with zero attached hydrogens (tertiary/aromatic N) is 4. The first-order valence-corrected chi connectivity index (χ1v) is 17.7. The Kier molecular flexibility index (Phi) is 6.22. The van der Waals surface area contributed by atoms with Crippen LogP contribution in [0.15, 0.2) is 182 Å². The van der Waals surface area contributed by atoms with Crippen LogP contribution in [0.4, 0.5) is 0 Å². The lowest BCUT2D eigenvalue weighted by atomic mass is 10.0. The van der Waals surface area contributed by atoms with E-state index in [-0.39, 0.29) is 0 Å². The van der Waals surface area contributed by atoms with Crippen LogP contribution < -0.4 is 0 Å². The van der Waals surface area contributed by atoms with Gasteiger partial charge in [0.2, 0.25) is 0 Å². The third-order valence-electron chi connectivity index (χ3n) is 10.5. The molecule has 52 heavy (non-hydrogen) atoms. The number of hydrogen-bond donors (Lipinski definition) is 0. The molecule has 0 aliphatic carbocycles. The molecule has 0 atom stereocenters. The largest absolute Gasteiger partial charge is 0.309 e. The number of aromatic nitrogens is 4. The first-order valence-electron chi connectivity index (χ1n) is 17.7. The second kappa shape index (κ2) is 11.2. The monoisotopic (exact) mass is 662 g/mol. The lowest BCUT2D eigenvalue weighted by Crippen LogP contribution is -1.97. The van der Waals surface area contributed by atoms with E-state index in [0.29, 0.717) is 0 Å². The fraction of sp³-hybridized carbons (Fsp3) is 0. The average Bonchev–Trinajstić information content (AvgIpc) is 3.73. The molecule has 0 aliphatic rings. The Morgan fingerprint density at radius 3 is 1.67 bits per heavy atom. The smallest absolute Gasteiger partial charge is 0.161 e. The molecular formula is C48H30N4. The van der Waals surface area contributed by atoms with Gasteiger partial charge in [0.15, 0.2) is 5.82 Å². The van der Waals surface area contributed by atoms with Crippen molar-refractivity contribution in [2.24, 2.45) is 0 Å². The summed E-state index contributed by atoms with van der Waals surface area (Å²) in [5.41, 5.74) is 11.0. The van der Waals surface area contributed by atoms with Crippen molar-refractivity contribution in [2.75, 3.05) is 0 Å². The molecule has 0 unspecified atom stereocenters. The molecular weight excluding hydrogens is 633 g/mol. The number of rotatable bonds is 4. The Balaban J connectivity index is 1.19. The molecule has 0 spiro atoms. The molecule has 0 bridgehead atoms. The molecule has 4 nitrogen and oxygen atoms in total. The summed E-state index contributed by atoms with van der Waals surface area (Å²) in [6, 6.07) is 64.8. The minimum Gasteiger partial charge on any atom is -0.309 e. The molecule has 8 aromatic carbocycles. The van der Waals surface area contributed by atoms with E-state index in [1.54, 1.807) is 0 Å². The summed E-state index contributed by atoms with van der Waals surface area (Å²) in [6.07, 6.45) is 0. The molecule has 0 saturated carbocycles. The summed E-state index contributed by atoms with van der Waals surface area (Å²) in [7, 11) is 0. The maximum atomic E-state index is 5.25. The minimum absolute atomic E-state index is 0.720. The summed E-state index contributed by atoms with van der Waals surface area (Å²) in [6.45, 7) is 0. The fourth-order valence-corrected chi connectivity index (χ4v) is 8.26. The second-order valence-corrected chi connectivity index (χ2v) is 13.4. The van der Waals surface area contributed by atoms with Crippen molar-refractivity contribution in [1.29, 1.82) is 0 Å². The van der Waals surface area contributed by atoms with Crippen LogP contribution in [0.2, 0.25) is 0 Å².